The number of ketones is 1. The number of aliphatic hydroxyl groups excluding tert-OH is 1. The Kier molecular flexibility index (Phi) is 6.03. The summed E-state index contributed by atoms with van der Waals surface area (Å²) in [7, 11) is 2.90. The summed E-state index contributed by atoms with van der Waals surface area (Å²) in [6, 6.07) is 14.9. The zero-order valence-corrected chi connectivity index (χ0v) is 20.6. The van der Waals surface area contributed by atoms with E-state index in [1.54, 1.807) is 42.5 Å². The van der Waals surface area contributed by atoms with Crippen LogP contribution in [0.4, 0.5) is 5.13 Å². The molecule has 0 bridgehead atoms. The second-order valence-electron chi connectivity index (χ2n) is 7.94. The van der Waals surface area contributed by atoms with Crippen molar-refractivity contribution in [2.45, 2.75) is 6.04 Å². The number of carbonyl (C=O) groups excluding carboxylic acids is 2. The molecule has 3 aromatic carbocycles. The number of anilines is 1. The number of amides is 1. The number of hydrogen-bond donors (Lipinski definition) is 2. The lowest BCUT2D eigenvalue weighted by Gasteiger charge is -2.23. The topological polar surface area (TPSA) is 109 Å². The maximum absolute atomic E-state index is 13.4. The fourth-order valence-electron chi connectivity index (χ4n) is 4.14. The van der Waals surface area contributed by atoms with Crippen molar-refractivity contribution < 1.29 is 29.3 Å². The molecule has 0 saturated carbocycles. The van der Waals surface area contributed by atoms with Gasteiger partial charge in [0.1, 0.15) is 23.0 Å². The summed E-state index contributed by atoms with van der Waals surface area (Å²) in [5.41, 5.74) is 1.15. The van der Waals surface area contributed by atoms with Gasteiger partial charge in [-0.2, -0.15) is 0 Å². The number of aromatic hydroxyl groups is 1. The van der Waals surface area contributed by atoms with Crippen LogP contribution in [-0.4, -0.2) is 41.1 Å². The number of benzene rings is 3. The minimum Gasteiger partial charge on any atom is -0.508 e. The van der Waals surface area contributed by atoms with Crippen LogP contribution in [0.2, 0.25) is 5.02 Å². The van der Waals surface area contributed by atoms with E-state index >= 15 is 0 Å². The maximum atomic E-state index is 13.4. The molecule has 10 heteroatoms. The Morgan fingerprint density at radius 3 is 2.47 bits per heavy atom. The number of thiazole rings is 1. The van der Waals surface area contributed by atoms with E-state index in [9.17, 15) is 19.8 Å². The monoisotopic (exact) mass is 522 g/mol. The Morgan fingerprint density at radius 2 is 1.78 bits per heavy atom. The molecule has 1 fully saturated rings. The summed E-state index contributed by atoms with van der Waals surface area (Å²) < 4.78 is 11.4. The summed E-state index contributed by atoms with van der Waals surface area (Å²) in [5, 5.41) is 22.0. The highest BCUT2D eigenvalue weighted by molar-refractivity contribution is 7.22. The average molecular weight is 523 g/mol. The molecule has 1 aliphatic rings. The number of nitrogens with zero attached hydrogens (tertiary/aromatic N) is 2. The van der Waals surface area contributed by atoms with Gasteiger partial charge in [-0.3, -0.25) is 14.5 Å². The van der Waals surface area contributed by atoms with Gasteiger partial charge in [0.2, 0.25) is 0 Å². The third-order valence-electron chi connectivity index (χ3n) is 5.86. The van der Waals surface area contributed by atoms with Crippen LogP contribution in [0.25, 0.3) is 16.0 Å². The SMILES string of the molecule is COc1ccc(OC)c(/C(O)=C2\C(=O)C(=O)N(c3nc4ccc(Cl)cc4s3)C2c2ccc(O)cc2)c1. The summed E-state index contributed by atoms with van der Waals surface area (Å²) >= 11 is 7.32. The standard InChI is InChI=1S/C26H19ClN2O6S/c1-34-16-8-10-19(35-2)17(12-16)23(31)21-22(13-3-6-15(30)7-4-13)29(25(33)24(21)32)26-28-18-9-5-14(27)11-20(18)36-26/h3-12,22,30-31H,1-2H3/b23-21+. The first-order valence-electron chi connectivity index (χ1n) is 10.7. The molecule has 2 N–H and O–H groups in total. The molecule has 36 heavy (non-hydrogen) atoms. The lowest BCUT2D eigenvalue weighted by Crippen LogP contribution is -2.29. The number of hydrogen-bond acceptors (Lipinski definition) is 8. The molecule has 0 radical (unpaired) electrons. The zero-order valence-electron chi connectivity index (χ0n) is 19.1. The predicted molar refractivity (Wildman–Crippen MR) is 137 cm³/mol. The van der Waals surface area contributed by atoms with Crippen molar-refractivity contribution in [3.8, 4) is 17.2 Å². The summed E-state index contributed by atoms with van der Waals surface area (Å²) in [6.45, 7) is 0. The molecule has 2 heterocycles. The number of fused-ring (bicyclic) bond motifs is 1. The van der Waals surface area contributed by atoms with E-state index in [0.717, 1.165) is 4.70 Å². The lowest BCUT2D eigenvalue weighted by molar-refractivity contribution is -0.132. The van der Waals surface area contributed by atoms with Gasteiger partial charge in [0, 0.05) is 5.02 Å². The second kappa shape index (κ2) is 9.18. The van der Waals surface area contributed by atoms with E-state index in [2.05, 4.69) is 4.98 Å². The van der Waals surface area contributed by atoms with Gasteiger partial charge in [0.15, 0.2) is 5.13 Å². The third-order valence-corrected chi connectivity index (χ3v) is 7.11. The Balaban J connectivity index is 1.75. The molecule has 4 aromatic rings. The van der Waals surface area contributed by atoms with Crippen molar-refractivity contribution >= 4 is 55.7 Å². The molecule has 0 spiro atoms. The summed E-state index contributed by atoms with van der Waals surface area (Å²) in [6.07, 6.45) is 0. The van der Waals surface area contributed by atoms with Crippen LogP contribution in [0.15, 0.2) is 66.2 Å². The number of methoxy groups -OCH3 is 2. The number of phenolic OH excluding ortho intramolecular Hbond substituents is 1. The van der Waals surface area contributed by atoms with Crippen LogP contribution in [0.3, 0.4) is 0 Å². The number of phenols is 1. The molecule has 1 atom stereocenters. The lowest BCUT2D eigenvalue weighted by atomic mass is 9.95. The Labute approximate surface area is 214 Å². The molecule has 0 aliphatic carbocycles. The van der Waals surface area contributed by atoms with Gasteiger partial charge in [0.05, 0.1) is 41.6 Å². The number of Topliss-reactive ketones (excluding diaryl/α,β-unsaturated/α-hetero) is 1. The second-order valence-corrected chi connectivity index (χ2v) is 9.38. The van der Waals surface area contributed by atoms with Crippen LogP contribution in [0.5, 0.6) is 17.2 Å². The Hall–Kier alpha value is -4.08. The van der Waals surface area contributed by atoms with Crippen molar-refractivity contribution in [2.24, 2.45) is 0 Å². The van der Waals surface area contributed by atoms with Crippen molar-refractivity contribution in [1.82, 2.24) is 4.98 Å². The molecule has 182 valence electrons. The van der Waals surface area contributed by atoms with Crippen molar-refractivity contribution in [3.63, 3.8) is 0 Å². The molecule has 1 amide bonds. The predicted octanol–water partition coefficient (Wildman–Crippen LogP) is 5.30. The molecular weight excluding hydrogens is 504 g/mol. The van der Waals surface area contributed by atoms with E-state index in [1.807, 2.05) is 0 Å². The van der Waals surface area contributed by atoms with Crippen molar-refractivity contribution in [2.75, 3.05) is 19.1 Å². The minimum absolute atomic E-state index is 0.0137. The highest BCUT2D eigenvalue weighted by atomic mass is 35.5. The summed E-state index contributed by atoms with van der Waals surface area (Å²) in [5.74, 6) is -1.42. The van der Waals surface area contributed by atoms with E-state index < -0.39 is 23.5 Å². The quantitative estimate of drug-likeness (QED) is 0.208. The highest BCUT2D eigenvalue weighted by Gasteiger charge is 2.48. The number of ether oxygens (including phenoxy) is 2. The number of aliphatic hydroxyl groups is 1. The first-order valence-corrected chi connectivity index (χ1v) is 11.9. The normalized spacial score (nSPS) is 17.1. The number of aromatic nitrogens is 1. The van der Waals surface area contributed by atoms with Crippen molar-refractivity contribution in [1.29, 1.82) is 0 Å². The molecule has 8 nitrogen and oxygen atoms in total. The van der Waals surface area contributed by atoms with Gasteiger partial charge >= 0.3 is 5.91 Å². The zero-order chi connectivity index (χ0) is 25.6. The number of carbonyl (C=O) groups is 2. The molecule has 1 saturated heterocycles. The Bertz CT molecular complexity index is 1550. The minimum atomic E-state index is -1.02. The molecule has 1 unspecified atom stereocenters. The fourth-order valence-corrected chi connectivity index (χ4v) is 5.40. The fraction of sp³-hybridized carbons (Fsp3) is 0.115. The van der Waals surface area contributed by atoms with E-state index in [1.165, 1.54) is 48.7 Å². The average Bonchev–Trinajstić information content (AvgIpc) is 3.41. The molecule has 1 aromatic heterocycles. The Morgan fingerprint density at radius 1 is 1.03 bits per heavy atom. The van der Waals surface area contributed by atoms with Crippen LogP contribution in [-0.2, 0) is 9.59 Å². The molecule has 1 aliphatic heterocycles. The first kappa shape index (κ1) is 23.7. The van der Waals surface area contributed by atoms with Crippen molar-refractivity contribution in [3.05, 3.63) is 82.4 Å². The molecular formula is C26H19ClN2O6S. The summed E-state index contributed by atoms with van der Waals surface area (Å²) in [4.78, 5) is 32.6. The van der Waals surface area contributed by atoms with E-state index in [0.29, 0.717) is 27.6 Å². The maximum Gasteiger partial charge on any atom is 0.301 e. The van der Waals surface area contributed by atoms with Crippen LogP contribution in [0, 0.1) is 0 Å². The smallest absolute Gasteiger partial charge is 0.301 e. The number of halogens is 1. The van der Waals surface area contributed by atoms with Gasteiger partial charge in [-0.1, -0.05) is 35.1 Å². The third kappa shape index (κ3) is 3.92. The van der Waals surface area contributed by atoms with Crippen LogP contribution >= 0.6 is 22.9 Å². The molecule has 5 rings (SSSR count). The van der Waals surface area contributed by atoms with Crippen LogP contribution < -0.4 is 14.4 Å². The van der Waals surface area contributed by atoms with Gasteiger partial charge in [-0.05, 0) is 54.1 Å². The van der Waals surface area contributed by atoms with Gasteiger partial charge in [-0.15, -0.1) is 0 Å². The van der Waals surface area contributed by atoms with Gasteiger partial charge in [-0.25, -0.2) is 4.98 Å². The largest absolute Gasteiger partial charge is 0.508 e. The van der Waals surface area contributed by atoms with Gasteiger partial charge in [0.25, 0.3) is 5.78 Å². The van der Waals surface area contributed by atoms with E-state index in [-0.39, 0.29) is 22.0 Å². The first-order chi connectivity index (χ1) is 17.3. The van der Waals surface area contributed by atoms with Gasteiger partial charge < -0.3 is 19.7 Å². The highest BCUT2D eigenvalue weighted by Crippen LogP contribution is 2.45. The number of rotatable bonds is 5. The van der Waals surface area contributed by atoms with Crippen LogP contribution in [0.1, 0.15) is 17.2 Å². The van der Waals surface area contributed by atoms with E-state index in [4.69, 9.17) is 21.1 Å².